The molecule has 0 atom stereocenters. The number of anilines is 1. The summed E-state index contributed by atoms with van der Waals surface area (Å²) in [6, 6.07) is 18.4. The molecule has 7 heteroatoms. The molecule has 26 heavy (non-hydrogen) atoms. The van der Waals surface area contributed by atoms with Gasteiger partial charge >= 0.3 is 0 Å². The maximum Gasteiger partial charge on any atom is 0.266 e. The van der Waals surface area contributed by atoms with Crippen LogP contribution in [0, 0.1) is 6.92 Å². The molecule has 1 N–H and O–H groups in total. The molecular weight excluding hydrogens is 334 g/mol. The first-order valence-electron chi connectivity index (χ1n) is 7.90. The largest absolute Gasteiger partial charge is 0.457 e. The Balaban J connectivity index is 1.49. The molecule has 3 aromatic rings. The Morgan fingerprint density at radius 2 is 1.96 bits per heavy atom. The van der Waals surface area contributed by atoms with Gasteiger partial charge in [0, 0.05) is 6.07 Å². The number of ether oxygens (including phenoxy) is 1. The highest BCUT2D eigenvalue weighted by molar-refractivity contribution is 5.90. The van der Waals surface area contributed by atoms with Crippen molar-refractivity contribution in [1.82, 2.24) is 5.16 Å². The van der Waals surface area contributed by atoms with Gasteiger partial charge in [-0.2, -0.15) is 0 Å². The lowest BCUT2D eigenvalue weighted by atomic mass is 10.2. The summed E-state index contributed by atoms with van der Waals surface area (Å²) in [5.74, 6) is 2.00. The molecule has 0 unspecified atom stereocenters. The average molecular weight is 351 g/mol. The van der Waals surface area contributed by atoms with Gasteiger partial charge in [-0.3, -0.25) is 4.79 Å². The normalized spacial score (nSPS) is 10.7. The summed E-state index contributed by atoms with van der Waals surface area (Å²) in [5, 5.41) is 9.99. The number of rotatable bonds is 7. The first-order valence-corrected chi connectivity index (χ1v) is 7.90. The van der Waals surface area contributed by atoms with Crippen molar-refractivity contribution in [3.63, 3.8) is 0 Å². The first-order chi connectivity index (χ1) is 12.7. The van der Waals surface area contributed by atoms with E-state index >= 15 is 0 Å². The predicted molar refractivity (Wildman–Crippen MR) is 96.4 cm³/mol. The number of carbonyl (C=O) groups is 1. The zero-order valence-electron chi connectivity index (χ0n) is 14.1. The lowest BCUT2D eigenvalue weighted by Gasteiger charge is -2.05. The molecule has 0 fully saturated rings. The second-order valence-electron chi connectivity index (χ2n) is 5.37. The third-order valence-corrected chi connectivity index (χ3v) is 3.20. The smallest absolute Gasteiger partial charge is 0.266 e. The minimum atomic E-state index is -0.378. The van der Waals surface area contributed by atoms with Gasteiger partial charge in [-0.05, 0) is 36.8 Å². The number of para-hydroxylation sites is 1. The zero-order chi connectivity index (χ0) is 18.2. The molecule has 0 spiro atoms. The van der Waals surface area contributed by atoms with Crippen LogP contribution in [-0.4, -0.2) is 23.9 Å². The number of amides is 1. The van der Waals surface area contributed by atoms with Crippen LogP contribution in [0.15, 0.2) is 70.3 Å². The summed E-state index contributed by atoms with van der Waals surface area (Å²) >= 11 is 0. The van der Waals surface area contributed by atoms with Crippen molar-refractivity contribution in [3.8, 4) is 11.5 Å². The van der Waals surface area contributed by atoms with Crippen molar-refractivity contribution in [3.05, 3.63) is 72.0 Å². The molecule has 0 saturated heterocycles. The maximum atomic E-state index is 11.7. The Hall–Kier alpha value is -3.61. The number of aromatic nitrogens is 1. The van der Waals surface area contributed by atoms with E-state index in [1.54, 1.807) is 13.0 Å². The van der Waals surface area contributed by atoms with Gasteiger partial charge in [0.25, 0.3) is 5.91 Å². The van der Waals surface area contributed by atoms with Crippen LogP contribution in [0.1, 0.15) is 11.3 Å². The molecule has 0 radical (unpaired) electrons. The Morgan fingerprint density at radius 1 is 1.15 bits per heavy atom. The summed E-state index contributed by atoms with van der Waals surface area (Å²) in [6.45, 7) is 1.50. The highest BCUT2D eigenvalue weighted by atomic mass is 16.6. The molecule has 0 saturated carbocycles. The van der Waals surface area contributed by atoms with Gasteiger partial charge in [0.1, 0.15) is 17.3 Å². The van der Waals surface area contributed by atoms with E-state index in [0.717, 1.165) is 11.3 Å². The second kappa shape index (κ2) is 8.48. The van der Waals surface area contributed by atoms with E-state index in [0.29, 0.717) is 17.3 Å². The standard InChI is InChI=1S/C19H17N3O4/c1-14-10-18(22-26-14)21-19(23)13-24-20-12-15-6-5-9-17(11-15)25-16-7-3-2-4-8-16/h2-12H,13H2,1H3,(H,21,22,23). The minimum absolute atomic E-state index is 0.234. The van der Waals surface area contributed by atoms with E-state index in [-0.39, 0.29) is 12.5 Å². The van der Waals surface area contributed by atoms with E-state index in [2.05, 4.69) is 15.6 Å². The van der Waals surface area contributed by atoms with Crippen molar-refractivity contribution in [2.75, 3.05) is 11.9 Å². The van der Waals surface area contributed by atoms with Gasteiger partial charge in [-0.25, -0.2) is 0 Å². The third kappa shape index (κ3) is 5.20. The number of aryl methyl sites for hydroxylation is 1. The summed E-state index contributed by atoms with van der Waals surface area (Å²) < 4.78 is 10.6. The van der Waals surface area contributed by atoms with Crippen molar-refractivity contribution in [2.24, 2.45) is 5.16 Å². The number of benzene rings is 2. The van der Waals surface area contributed by atoms with Gasteiger partial charge in [0.2, 0.25) is 0 Å². The van der Waals surface area contributed by atoms with Crippen LogP contribution in [0.3, 0.4) is 0 Å². The van der Waals surface area contributed by atoms with Gasteiger partial charge in [0.05, 0.1) is 6.21 Å². The predicted octanol–water partition coefficient (Wildman–Crippen LogP) is 3.76. The van der Waals surface area contributed by atoms with Crippen molar-refractivity contribution in [1.29, 1.82) is 0 Å². The van der Waals surface area contributed by atoms with Crippen molar-refractivity contribution >= 4 is 17.9 Å². The van der Waals surface area contributed by atoms with Gasteiger partial charge in [-0.1, -0.05) is 40.6 Å². The summed E-state index contributed by atoms with van der Waals surface area (Å²) in [6.07, 6.45) is 1.51. The fraction of sp³-hybridized carbons (Fsp3) is 0.105. The molecule has 1 aromatic heterocycles. The maximum absolute atomic E-state index is 11.7. The molecule has 7 nitrogen and oxygen atoms in total. The van der Waals surface area contributed by atoms with Gasteiger partial charge < -0.3 is 19.4 Å². The van der Waals surface area contributed by atoms with Crippen LogP contribution in [0.25, 0.3) is 0 Å². The van der Waals surface area contributed by atoms with E-state index < -0.39 is 0 Å². The number of nitrogens with one attached hydrogen (secondary N) is 1. The van der Waals surface area contributed by atoms with Crippen LogP contribution in [0.4, 0.5) is 5.82 Å². The molecule has 0 aliphatic rings. The van der Waals surface area contributed by atoms with E-state index in [4.69, 9.17) is 14.1 Å². The van der Waals surface area contributed by atoms with Gasteiger partial charge in [0.15, 0.2) is 12.4 Å². The Morgan fingerprint density at radius 3 is 2.73 bits per heavy atom. The number of oxime groups is 1. The van der Waals surface area contributed by atoms with Crippen LogP contribution in [-0.2, 0) is 9.63 Å². The fourth-order valence-electron chi connectivity index (χ4n) is 2.08. The van der Waals surface area contributed by atoms with Crippen LogP contribution in [0.5, 0.6) is 11.5 Å². The topological polar surface area (TPSA) is 86.0 Å². The lowest BCUT2D eigenvalue weighted by Crippen LogP contribution is -2.17. The number of carbonyl (C=O) groups excluding carboxylic acids is 1. The number of hydrogen-bond acceptors (Lipinski definition) is 6. The Kier molecular flexibility index (Phi) is 5.61. The van der Waals surface area contributed by atoms with Crippen LogP contribution < -0.4 is 10.1 Å². The van der Waals surface area contributed by atoms with E-state index in [9.17, 15) is 4.79 Å². The SMILES string of the molecule is Cc1cc(NC(=O)CON=Cc2cccc(Oc3ccccc3)c2)no1. The molecule has 1 heterocycles. The number of nitrogens with zero attached hydrogens (tertiary/aromatic N) is 2. The molecular formula is C19H17N3O4. The molecule has 0 aliphatic heterocycles. The van der Waals surface area contributed by atoms with Crippen LogP contribution >= 0.6 is 0 Å². The molecule has 132 valence electrons. The molecule has 2 aromatic carbocycles. The number of hydrogen-bond donors (Lipinski definition) is 1. The quantitative estimate of drug-likeness (QED) is 0.517. The zero-order valence-corrected chi connectivity index (χ0v) is 14.1. The average Bonchev–Trinajstić information content (AvgIpc) is 3.05. The molecule has 3 rings (SSSR count). The van der Waals surface area contributed by atoms with Crippen LogP contribution in [0.2, 0.25) is 0 Å². The summed E-state index contributed by atoms with van der Waals surface area (Å²) in [5.41, 5.74) is 0.783. The highest BCUT2D eigenvalue weighted by Gasteiger charge is 2.06. The summed E-state index contributed by atoms with van der Waals surface area (Å²) in [4.78, 5) is 16.7. The van der Waals surface area contributed by atoms with Crippen molar-refractivity contribution in [2.45, 2.75) is 6.92 Å². The third-order valence-electron chi connectivity index (χ3n) is 3.20. The highest BCUT2D eigenvalue weighted by Crippen LogP contribution is 2.21. The lowest BCUT2D eigenvalue weighted by molar-refractivity contribution is -0.120. The summed E-state index contributed by atoms with van der Waals surface area (Å²) in [7, 11) is 0. The monoisotopic (exact) mass is 351 g/mol. The van der Waals surface area contributed by atoms with E-state index in [1.165, 1.54) is 6.21 Å². The Bertz CT molecular complexity index is 891. The second-order valence-corrected chi connectivity index (χ2v) is 5.37. The minimum Gasteiger partial charge on any atom is -0.457 e. The van der Waals surface area contributed by atoms with Crippen molar-refractivity contribution < 1.29 is 18.9 Å². The fourth-order valence-corrected chi connectivity index (χ4v) is 2.08. The molecule has 0 aliphatic carbocycles. The van der Waals surface area contributed by atoms with Gasteiger partial charge in [-0.15, -0.1) is 0 Å². The van der Waals surface area contributed by atoms with E-state index in [1.807, 2.05) is 54.6 Å². The Labute approximate surface area is 150 Å². The molecule has 1 amide bonds. The first kappa shape index (κ1) is 17.2. The molecule has 0 bridgehead atoms.